The van der Waals surface area contributed by atoms with Crippen molar-refractivity contribution in [3.05, 3.63) is 47.0 Å². The highest BCUT2D eigenvalue weighted by Gasteiger charge is 2.19. The molecule has 0 aliphatic heterocycles. The molecule has 0 saturated carbocycles. The summed E-state index contributed by atoms with van der Waals surface area (Å²) in [6, 6.07) is 8.01. The van der Waals surface area contributed by atoms with E-state index >= 15 is 0 Å². The normalized spacial score (nSPS) is 11.2. The maximum absolute atomic E-state index is 13.2. The van der Waals surface area contributed by atoms with E-state index in [0.29, 0.717) is 0 Å². The van der Waals surface area contributed by atoms with Gasteiger partial charge in [0.1, 0.15) is 23.0 Å². The fourth-order valence-corrected chi connectivity index (χ4v) is 2.69. The summed E-state index contributed by atoms with van der Waals surface area (Å²) < 4.78 is 26.1. The fourth-order valence-electron chi connectivity index (χ4n) is 1.81. The molecule has 0 fully saturated rings. The van der Waals surface area contributed by atoms with Crippen molar-refractivity contribution in [3.63, 3.8) is 0 Å². The highest BCUT2D eigenvalue weighted by atomic mass is 32.2. The van der Waals surface area contributed by atoms with E-state index in [0.717, 1.165) is 23.9 Å². The molecule has 1 atom stereocenters. The number of hydrogen-bond donors (Lipinski definition) is 2. The zero-order chi connectivity index (χ0) is 18.6. The highest BCUT2D eigenvalue weighted by Crippen LogP contribution is 2.28. The smallest absolute Gasteiger partial charge is 0.237 e. The van der Waals surface area contributed by atoms with Gasteiger partial charge in [0, 0.05) is 11.8 Å². The lowest BCUT2D eigenvalue weighted by Gasteiger charge is -2.13. The van der Waals surface area contributed by atoms with E-state index in [9.17, 15) is 13.6 Å². The van der Waals surface area contributed by atoms with Gasteiger partial charge in [0.25, 0.3) is 0 Å². The molecule has 0 aliphatic rings. The van der Waals surface area contributed by atoms with Crippen LogP contribution in [0.5, 0.6) is 0 Å². The first-order valence-electron chi connectivity index (χ1n) is 6.89. The van der Waals surface area contributed by atoms with Crippen LogP contribution in [0.2, 0.25) is 0 Å². The maximum atomic E-state index is 13.2. The summed E-state index contributed by atoms with van der Waals surface area (Å²) in [5.41, 5.74) is 5.91. The molecule has 1 heterocycles. The van der Waals surface area contributed by atoms with Gasteiger partial charge in [0.15, 0.2) is 11.6 Å². The highest BCUT2D eigenvalue weighted by molar-refractivity contribution is 8.00. The van der Waals surface area contributed by atoms with Crippen LogP contribution in [-0.4, -0.2) is 16.1 Å². The van der Waals surface area contributed by atoms with Gasteiger partial charge in [-0.05, 0) is 25.1 Å². The van der Waals surface area contributed by atoms with Gasteiger partial charge in [-0.1, -0.05) is 11.8 Å². The van der Waals surface area contributed by atoms with Gasteiger partial charge in [-0.15, -0.1) is 0 Å². The number of nitrogens with two attached hydrogens (primary N) is 1. The zero-order valence-electron chi connectivity index (χ0n) is 12.9. The molecule has 6 nitrogen and oxygen atoms in total. The molecule has 3 N–H and O–H groups in total. The van der Waals surface area contributed by atoms with E-state index in [1.165, 1.54) is 12.1 Å². The number of nitrogen functional groups attached to an aromatic ring is 1. The summed E-state index contributed by atoms with van der Waals surface area (Å²) in [6.45, 7) is 1.55. The van der Waals surface area contributed by atoms with E-state index in [1.54, 1.807) is 6.92 Å². The number of benzene rings is 1. The van der Waals surface area contributed by atoms with Crippen LogP contribution < -0.4 is 11.1 Å². The number of carbonyl (C=O) groups excluding carboxylic acids is 1. The molecule has 1 aromatic carbocycles. The molecule has 9 heteroatoms. The van der Waals surface area contributed by atoms with Crippen LogP contribution in [-0.2, 0) is 4.79 Å². The molecule has 0 spiro atoms. The van der Waals surface area contributed by atoms with Gasteiger partial charge in [-0.3, -0.25) is 4.79 Å². The van der Waals surface area contributed by atoms with Crippen molar-refractivity contribution < 1.29 is 13.6 Å². The monoisotopic (exact) mass is 359 g/mol. The van der Waals surface area contributed by atoms with E-state index in [4.69, 9.17) is 16.3 Å². The van der Waals surface area contributed by atoms with Gasteiger partial charge in [0.05, 0.1) is 16.4 Å². The average Bonchev–Trinajstić information content (AvgIpc) is 2.58. The Morgan fingerprint density at radius 3 is 2.52 bits per heavy atom. The number of thioether (sulfide) groups is 1. The van der Waals surface area contributed by atoms with Crippen molar-refractivity contribution in [1.82, 2.24) is 4.98 Å². The minimum Gasteiger partial charge on any atom is -0.383 e. The molecule has 25 heavy (non-hydrogen) atoms. The molecule has 0 saturated heterocycles. The Bertz CT molecular complexity index is 920. The first-order chi connectivity index (χ1) is 11.8. The van der Waals surface area contributed by atoms with Gasteiger partial charge in [-0.25, -0.2) is 13.8 Å². The Labute approximate surface area is 146 Å². The lowest BCUT2D eigenvalue weighted by atomic mass is 10.2. The van der Waals surface area contributed by atoms with E-state index in [1.807, 2.05) is 12.1 Å². The summed E-state index contributed by atoms with van der Waals surface area (Å²) in [5.74, 6) is -2.63. The zero-order valence-corrected chi connectivity index (χ0v) is 13.7. The third-order valence-electron chi connectivity index (χ3n) is 3.10. The minimum atomic E-state index is -1.08. The topological polar surface area (TPSA) is 116 Å². The number of carbonyl (C=O) groups is 1. The van der Waals surface area contributed by atoms with E-state index < -0.39 is 22.8 Å². The van der Waals surface area contributed by atoms with Crippen molar-refractivity contribution >= 4 is 29.2 Å². The van der Waals surface area contributed by atoms with Crippen LogP contribution in [0, 0.1) is 34.3 Å². The van der Waals surface area contributed by atoms with Crippen LogP contribution in [0.25, 0.3) is 0 Å². The second-order valence-corrected chi connectivity index (χ2v) is 6.21. The molecule has 0 aliphatic carbocycles. The quantitative estimate of drug-likeness (QED) is 0.811. The van der Waals surface area contributed by atoms with Crippen molar-refractivity contribution in [2.75, 3.05) is 11.1 Å². The van der Waals surface area contributed by atoms with Crippen LogP contribution in [0.4, 0.5) is 20.3 Å². The summed E-state index contributed by atoms with van der Waals surface area (Å²) in [4.78, 5) is 16.2. The number of amides is 1. The third kappa shape index (κ3) is 4.22. The van der Waals surface area contributed by atoms with Crippen LogP contribution in [0.1, 0.15) is 18.1 Å². The number of nitrogens with zero attached hydrogens (tertiary/aromatic N) is 3. The molecule has 2 rings (SSSR count). The second-order valence-electron chi connectivity index (χ2n) is 4.88. The van der Waals surface area contributed by atoms with Gasteiger partial charge in [0.2, 0.25) is 5.91 Å². The predicted octanol–water partition coefficient (Wildman–Crippen LogP) is 2.80. The summed E-state index contributed by atoms with van der Waals surface area (Å²) in [6.07, 6.45) is 0. The number of hydrogen-bond acceptors (Lipinski definition) is 6. The molecular weight excluding hydrogens is 348 g/mol. The van der Waals surface area contributed by atoms with Gasteiger partial charge < -0.3 is 11.1 Å². The standard InChI is InChI=1S/C16H11F2N5OS/c1-8(15(24)22-11-2-3-12(17)13(18)5-11)25-16-10(7-20)4-9(6-19)14(21)23-16/h2-5,8H,1H3,(H2,21,23)(H,22,24)/t8-/m1/s1. The summed E-state index contributed by atoms with van der Waals surface area (Å²) in [7, 11) is 0. The Morgan fingerprint density at radius 1 is 1.24 bits per heavy atom. The lowest BCUT2D eigenvalue weighted by molar-refractivity contribution is -0.115. The number of nitrogens with one attached hydrogen (secondary N) is 1. The first-order valence-corrected chi connectivity index (χ1v) is 7.77. The average molecular weight is 359 g/mol. The summed E-state index contributed by atoms with van der Waals surface area (Å²) >= 11 is 0.960. The Morgan fingerprint density at radius 2 is 1.92 bits per heavy atom. The molecule has 0 unspecified atom stereocenters. The SMILES string of the molecule is C[C@@H](Sc1nc(N)c(C#N)cc1C#N)C(=O)Nc1ccc(F)c(F)c1. The molecule has 0 radical (unpaired) electrons. The molecule has 0 bridgehead atoms. The number of aromatic nitrogens is 1. The summed E-state index contributed by atoms with van der Waals surface area (Å²) in [5, 5.41) is 20.0. The van der Waals surface area contributed by atoms with Crippen LogP contribution >= 0.6 is 11.8 Å². The number of nitriles is 2. The molecular formula is C16H11F2N5OS. The van der Waals surface area contributed by atoms with Crippen molar-refractivity contribution in [2.24, 2.45) is 0 Å². The minimum absolute atomic E-state index is 0.0442. The van der Waals surface area contributed by atoms with E-state index in [2.05, 4.69) is 10.3 Å². The Balaban J connectivity index is 2.16. The number of halogens is 2. The Hall–Kier alpha value is -3.17. The molecule has 126 valence electrons. The van der Waals surface area contributed by atoms with E-state index in [-0.39, 0.29) is 27.7 Å². The van der Waals surface area contributed by atoms with Crippen molar-refractivity contribution in [1.29, 1.82) is 10.5 Å². The largest absolute Gasteiger partial charge is 0.383 e. The number of pyridine rings is 1. The predicted molar refractivity (Wildman–Crippen MR) is 88.4 cm³/mol. The van der Waals surface area contributed by atoms with Crippen LogP contribution in [0.3, 0.4) is 0 Å². The number of anilines is 2. The maximum Gasteiger partial charge on any atom is 0.237 e. The van der Waals surface area contributed by atoms with Crippen LogP contribution in [0.15, 0.2) is 29.3 Å². The second kappa shape index (κ2) is 7.60. The first kappa shape index (κ1) is 18.2. The van der Waals surface area contributed by atoms with Gasteiger partial charge >= 0.3 is 0 Å². The van der Waals surface area contributed by atoms with Crippen molar-refractivity contribution in [2.45, 2.75) is 17.2 Å². The molecule has 1 aromatic heterocycles. The number of rotatable bonds is 4. The molecule has 2 aromatic rings. The van der Waals surface area contributed by atoms with Gasteiger partial charge in [-0.2, -0.15) is 10.5 Å². The van der Waals surface area contributed by atoms with Crippen molar-refractivity contribution in [3.8, 4) is 12.1 Å². The fraction of sp³-hybridized carbons (Fsp3) is 0.125. The Kier molecular flexibility index (Phi) is 5.52. The third-order valence-corrected chi connectivity index (χ3v) is 4.20. The lowest BCUT2D eigenvalue weighted by Crippen LogP contribution is -2.22. The molecule has 1 amide bonds.